The first-order valence-corrected chi connectivity index (χ1v) is 8.64. The standard InChI is InChI=1S/C18H25ClN2O4/c1-18(2,3)25-17(23)21-10-15(16(22)20-4)24-11-14(21)9-12-5-7-13(19)8-6-12/h5-8,14-15H,9-11H2,1-4H3,(H,20,22)/t14-,15+/m0/s1. The second-order valence-corrected chi connectivity index (χ2v) is 7.49. The van der Waals surface area contributed by atoms with Gasteiger partial charge in [0.15, 0.2) is 6.10 Å². The highest BCUT2D eigenvalue weighted by molar-refractivity contribution is 6.30. The Morgan fingerprint density at radius 2 is 1.96 bits per heavy atom. The number of likely N-dealkylation sites (N-methyl/N-ethyl adjacent to an activating group) is 1. The molecule has 7 heteroatoms. The molecule has 0 aromatic heterocycles. The Labute approximate surface area is 153 Å². The molecule has 25 heavy (non-hydrogen) atoms. The Hall–Kier alpha value is -1.79. The molecule has 0 spiro atoms. The van der Waals surface area contributed by atoms with E-state index in [2.05, 4.69) is 5.32 Å². The Balaban J connectivity index is 2.15. The zero-order valence-electron chi connectivity index (χ0n) is 15.0. The van der Waals surface area contributed by atoms with E-state index < -0.39 is 17.8 Å². The van der Waals surface area contributed by atoms with Gasteiger partial charge >= 0.3 is 6.09 Å². The van der Waals surface area contributed by atoms with Crippen LogP contribution in [0.1, 0.15) is 26.3 Å². The lowest BCUT2D eigenvalue weighted by Crippen LogP contribution is -2.57. The van der Waals surface area contributed by atoms with Gasteiger partial charge in [-0.15, -0.1) is 0 Å². The number of hydrogen-bond acceptors (Lipinski definition) is 4. The number of morpholine rings is 1. The van der Waals surface area contributed by atoms with E-state index in [0.29, 0.717) is 11.4 Å². The maximum Gasteiger partial charge on any atom is 0.410 e. The van der Waals surface area contributed by atoms with Gasteiger partial charge < -0.3 is 14.8 Å². The molecule has 0 saturated carbocycles. The summed E-state index contributed by atoms with van der Waals surface area (Å²) in [6.07, 6.45) is -0.542. The van der Waals surface area contributed by atoms with Gasteiger partial charge in [0.1, 0.15) is 5.60 Å². The molecule has 0 aliphatic carbocycles. The molecule has 0 unspecified atom stereocenters. The van der Waals surface area contributed by atoms with Crippen LogP contribution in [0.4, 0.5) is 4.79 Å². The van der Waals surface area contributed by atoms with Gasteiger partial charge in [-0.05, 0) is 44.9 Å². The van der Waals surface area contributed by atoms with Gasteiger partial charge in [-0.1, -0.05) is 23.7 Å². The molecule has 138 valence electrons. The molecule has 2 atom stereocenters. The third kappa shape index (κ3) is 5.61. The van der Waals surface area contributed by atoms with Crippen molar-refractivity contribution in [2.24, 2.45) is 0 Å². The van der Waals surface area contributed by atoms with Crippen LogP contribution in [0, 0.1) is 0 Å². The zero-order chi connectivity index (χ0) is 18.6. The van der Waals surface area contributed by atoms with Gasteiger partial charge in [-0.25, -0.2) is 4.79 Å². The van der Waals surface area contributed by atoms with E-state index in [-0.39, 0.29) is 25.1 Å². The lowest BCUT2D eigenvalue weighted by atomic mass is 10.0. The van der Waals surface area contributed by atoms with Crippen molar-refractivity contribution in [3.63, 3.8) is 0 Å². The van der Waals surface area contributed by atoms with Crippen LogP contribution in [-0.2, 0) is 20.7 Å². The summed E-state index contributed by atoms with van der Waals surface area (Å²) in [5, 5.41) is 3.22. The first kappa shape index (κ1) is 19.5. The van der Waals surface area contributed by atoms with E-state index in [1.165, 1.54) is 0 Å². The predicted octanol–water partition coefficient (Wildman–Crippen LogP) is 2.63. The second-order valence-electron chi connectivity index (χ2n) is 7.05. The molecule has 1 fully saturated rings. The van der Waals surface area contributed by atoms with Crippen LogP contribution >= 0.6 is 11.6 Å². The van der Waals surface area contributed by atoms with Gasteiger partial charge in [-0.2, -0.15) is 0 Å². The van der Waals surface area contributed by atoms with Crippen molar-refractivity contribution in [2.45, 2.75) is 44.9 Å². The number of carbonyl (C=O) groups excluding carboxylic acids is 2. The number of benzene rings is 1. The molecule has 1 aromatic carbocycles. The normalized spacial score (nSPS) is 20.9. The van der Waals surface area contributed by atoms with E-state index in [1.807, 2.05) is 45.0 Å². The average Bonchev–Trinajstić information content (AvgIpc) is 2.55. The Morgan fingerprint density at radius 1 is 1.32 bits per heavy atom. The molecule has 2 amide bonds. The summed E-state index contributed by atoms with van der Waals surface area (Å²) in [4.78, 5) is 26.1. The van der Waals surface area contributed by atoms with Crippen LogP contribution in [0.5, 0.6) is 0 Å². The summed E-state index contributed by atoms with van der Waals surface area (Å²) in [5.41, 5.74) is 0.424. The van der Waals surface area contributed by atoms with Crippen molar-refractivity contribution in [3.8, 4) is 0 Å². The third-order valence-corrected chi connectivity index (χ3v) is 4.10. The molecule has 0 bridgehead atoms. The van der Waals surface area contributed by atoms with E-state index in [0.717, 1.165) is 5.56 Å². The van der Waals surface area contributed by atoms with Crippen molar-refractivity contribution in [1.82, 2.24) is 10.2 Å². The predicted molar refractivity (Wildman–Crippen MR) is 95.7 cm³/mol. The summed E-state index contributed by atoms with van der Waals surface area (Å²) in [5.74, 6) is -0.251. The molecular weight excluding hydrogens is 344 g/mol. The number of carbonyl (C=O) groups is 2. The van der Waals surface area contributed by atoms with Gasteiger partial charge in [0, 0.05) is 12.1 Å². The summed E-state index contributed by atoms with van der Waals surface area (Å²) in [6.45, 7) is 5.87. The van der Waals surface area contributed by atoms with Crippen LogP contribution in [0.25, 0.3) is 0 Å². The van der Waals surface area contributed by atoms with Crippen LogP contribution in [-0.4, -0.2) is 54.8 Å². The summed E-state index contributed by atoms with van der Waals surface area (Å²) in [7, 11) is 1.54. The highest BCUT2D eigenvalue weighted by Crippen LogP contribution is 2.21. The Kier molecular flexibility index (Phi) is 6.30. The minimum absolute atomic E-state index is 0.160. The molecule has 1 aliphatic heterocycles. The fourth-order valence-corrected chi connectivity index (χ4v) is 2.75. The molecular formula is C18H25ClN2O4. The van der Waals surface area contributed by atoms with Crippen molar-refractivity contribution in [3.05, 3.63) is 34.9 Å². The van der Waals surface area contributed by atoms with Crippen LogP contribution in [0.3, 0.4) is 0 Å². The summed E-state index contributed by atoms with van der Waals surface area (Å²) < 4.78 is 11.2. The number of rotatable bonds is 3. The minimum atomic E-state index is -0.695. The molecule has 1 N–H and O–H groups in total. The summed E-state index contributed by atoms with van der Waals surface area (Å²) >= 11 is 5.92. The highest BCUT2D eigenvalue weighted by Gasteiger charge is 2.37. The number of halogens is 1. The fraction of sp³-hybridized carbons (Fsp3) is 0.556. The van der Waals surface area contributed by atoms with Crippen molar-refractivity contribution in [1.29, 1.82) is 0 Å². The molecule has 2 rings (SSSR count). The largest absolute Gasteiger partial charge is 0.444 e. The van der Waals surface area contributed by atoms with Gasteiger partial charge in [-0.3, -0.25) is 9.69 Å². The number of nitrogens with one attached hydrogen (secondary N) is 1. The first-order valence-electron chi connectivity index (χ1n) is 8.27. The molecule has 0 radical (unpaired) electrons. The van der Waals surface area contributed by atoms with E-state index >= 15 is 0 Å². The lowest BCUT2D eigenvalue weighted by Gasteiger charge is -2.39. The Bertz CT molecular complexity index is 612. The van der Waals surface area contributed by atoms with Gasteiger partial charge in [0.2, 0.25) is 0 Å². The zero-order valence-corrected chi connectivity index (χ0v) is 15.8. The van der Waals surface area contributed by atoms with Gasteiger partial charge in [0.25, 0.3) is 5.91 Å². The lowest BCUT2D eigenvalue weighted by molar-refractivity contribution is -0.140. The number of ether oxygens (including phenoxy) is 2. The topological polar surface area (TPSA) is 67.9 Å². The molecule has 1 aliphatic rings. The van der Waals surface area contributed by atoms with Crippen molar-refractivity contribution in [2.75, 3.05) is 20.2 Å². The van der Waals surface area contributed by atoms with Gasteiger partial charge in [0.05, 0.1) is 19.2 Å². The SMILES string of the molecule is CNC(=O)[C@H]1CN(C(=O)OC(C)(C)C)[C@@H](Cc2ccc(Cl)cc2)CO1. The number of nitrogens with zero attached hydrogens (tertiary/aromatic N) is 1. The monoisotopic (exact) mass is 368 g/mol. The fourth-order valence-electron chi connectivity index (χ4n) is 2.62. The second kappa shape index (κ2) is 8.06. The Morgan fingerprint density at radius 3 is 2.52 bits per heavy atom. The van der Waals surface area contributed by atoms with Crippen LogP contribution in [0.2, 0.25) is 5.02 Å². The van der Waals surface area contributed by atoms with E-state index in [1.54, 1.807) is 11.9 Å². The number of hydrogen-bond donors (Lipinski definition) is 1. The quantitative estimate of drug-likeness (QED) is 0.890. The molecule has 1 heterocycles. The van der Waals surface area contributed by atoms with E-state index in [9.17, 15) is 9.59 Å². The maximum atomic E-state index is 12.6. The third-order valence-electron chi connectivity index (χ3n) is 3.84. The maximum absolute atomic E-state index is 12.6. The van der Waals surface area contributed by atoms with Crippen molar-refractivity contribution < 1.29 is 19.1 Å². The number of amides is 2. The molecule has 6 nitrogen and oxygen atoms in total. The smallest absolute Gasteiger partial charge is 0.410 e. The van der Waals surface area contributed by atoms with E-state index in [4.69, 9.17) is 21.1 Å². The van der Waals surface area contributed by atoms with Crippen molar-refractivity contribution >= 4 is 23.6 Å². The molecule has 1 saturated heterocycles. The van der Waals surface area contributed by atoms with Crippen LogP contribution < -0.4 is 5.32 Å². The average molecular weight is 369 g/mol. The minimum Gasteiger partial charge on any atom is -0.444 e. The first-order chi connectivity index (χ1) is 11.7. The summed E-state index contributed by atoms with van der Waals surface area (Å²) in [6, 6.07) is 7.25. The van der Waals surface area contributed by atoms with Crippen LogP contribution in [0.15, 0.2) is 24.3 Å². The highest BCUT2D eigenvalue weighted by atomic mass is 35.5. The molecule has 1 aromatic rings.